The number of benzene rings is 1. The SMILES string of the molecule is CCOCCNC(=O)NCC(O)c1c(Cl)cccc1Cl. The van der Waals surface area contributed by atoms with Crippen LogP contribution in [0, 0.1) is 0 Å². The normalized spacial score (nSPS) is 12.0. The Morgan fingerprint density at radius 2 is 2.00 bits per heavy atom. The Labute approximate surface area is 128 Å². The summed E-state index contributed by atoms with van der Waals surface area (Å²) in [4.78, 5) is 11.5. The summed E-state index contributed by atoms with van der Waals surface area (Å²) in [6, 6.07) is 4.57. The first kappa shape index (κ1) is 17.0. The number of hydrogen-bond acceptors (Lipinski definition) is 3. The predicted octanol–water partition coefficient (Wildman–Crippen LogP) is 2.36. The quantitative estimate of drug-likeness (QED) is 0.675. The predicted molar refractivity (Wildman–Crippen MR) is 79.3 cm³/mol. The maximum Gasteiger partial charge on any atom is 0.314 e. The summed E-state index contributed by atoms with van der Waals surface area (Å²) < 4.78 is 5.08. The van der Waals surface area contributed by atoms with Gasteiger partial charge in [-0.3, -0.25) is 0 Å². The number of carbonyl (C=O) groups is 1. The molecule has 0 aliphatic carbocycles. The van der Waals surface area contributed by atoms with E-state index in [2.05, 4.69) is 10.6 Å². The Kier molecular flexibility index (Phi) is 7.69. The third-order valence-electron chi connectivity index (χ3n) is 2.52. The van der Waals surface area contributed by atoms with Gasteiger partial charge in [0.05, 0.1) is 12.7 Å². The molecule has 0 saturated heterocycles. The number of aliphatic hydroxyl groups is 1. The molecule has 1 atom stereocenters. The molecule has 0 bridgehead atoms. The first-order valence-corrected chi connectivity index (χ1v) is 7.03. The molecule has 1 aromatic rings. The fourth-order valence-corrected chi connectivity index (χ4v) is 2.21. The standard InChI is InChI=1S/C13H18Cl2N2O3/c1-2-20-7-6-16-13(19)17-8-11(18)12-9(14)4-3-5-10(12)15/h3-5,11,18H,2,6-8H2,1H3,(H2,16,17,19). The Morgan fingerprint density at radius 1 is 1.35 bits per heavy atom. The second-order valence-electron chi connectivity index (χ2n) is 3.98. The Morgan fingerprint density at radius 3 is 2.60 bits per heavy atom. The zero-order chi connectivity index (χ0) is 15.0. The largest absolute Gasteiger partial charge is 0.386 e. The molecule has 0 radical (unpaired) electrons. The number of carbonyl (C=O) groups excluding carboxylic acids is 1. The summed E-state index contributed by atoms with van der Waals surface area (Å²) in [7, 11) is 0. The van der Waals surface area contributed by atoms with E-state index in [4.69, 9.17) is 27.9 Å². The fraction of sp³-hybridized carbons (Fsp3) is 0.462. The van der Waals surface area contributed by atoms with Crippen LogP contribution in [0.1, 0.15) is 18.6 Å². The molecule has 0 heterocycles. The lowest BCUT2D eigenvalue weighted by atomic mass is 10.1. The van der Waals surface area contributed by atoms with Crippen molar-refractivity contribution < 1.29 is 14.6 Å². The molecule has 0 saturated carbocycles. The van der Waals surface area contributed by atoms with Gasteiger partial charge in [-0.2, -0.15) is 0 Å². The maximum absolute atomic E-state index is 11.5. The lowest BCUT2D eigenvalue weighted by Crippen LogP contribution is -2.39. The van der Waals surface area contributed by atoms with E-state index in [1.807, 2.05) is 6.92 Å². The summed E-state index contributed by atoms with van der Waals surface area (Å²) in [5.74, 6) is 0. The van der Waals surface area contributed by atoms with Gasteiger partial charge >= 0.3 is 6.03 Å². The van der Waals surface area contributed by atoms with Gasteiger partial charge in [0.1, 0.15) is 0 Å². The first-order valence-electron chi connectivity index (χ1n) is 6.27. The van der Waals surface area contributed by atoms with Crippen molar-refractivity contribution in [2.75, 3.05) is 26.3 Å². The van der Waals surface area contributed by atoms with Gasteiger partial charge in [0, 0.05) is 35.3 Å². The van der Waals surface area contributed by atoms with Crippen molar-refractivity contribution in [1.82, 2.24) is 10.6 Å². The molecule has 3 N–H and O–H groups in total. The topological polar surface area (TPSA) is 70.6 Å². The van der Waals surface area contributed by atoms with Crippen LogP contribution in [0.15, 0.2) is 18.2 Å². The number of urea groups is 1. The van der Waals surface area contributed by atoms with Crippen LogP contribution in [-0.2, 0) is 4.74 Å². The smallest absolute Gasteiger partial charge is 0.314 e. The Bertz CT molecular complexity index is 423. The van der Waals surface area contributed by atoms with Crippen LogP contribution in [-0.4, -0.2) is 37.4 Å². The Balaban J connectivity index is 2.39. The maximum atomic E-state index is 11.5. The zero-order valence-electron chi connectivity index (χ0n) is 11.2. The lowest BCUT2D eigenvalue weighted by molar-refractivity contribution is 0.148. The highest BCUT2D eigenvalue weighted by atomic mass is 35.5. The third-order valence-corrected chi connectivity index (χ3v) is 3.18. The summed E-state index contributed by atoms with van der Waals surface area (Å²) >= 11 is 11.9. The van der Waals surface area contributed by atoms with E-state index in [0.717, 1.165) is 0 Å². The van der Waals surface area contributed by atoms with E-state index in [0.29, 0.717) is 35.4 Å². The average Bonchev–Trinajstić information content (AvgIpc) is 2.41. The number of nitrogens with one attached hydrogen (secondary N) is 2. The number of halogens is 2. The molecule has 0 spiro atoms. The van der Waals surface area contributed by atoms with Crippen LogP contribution in [0.25, 0.3) is 0 Å². The molecule has 7 heteroatoms. The summed E-state index contributed by atoms with van der Waals surface area (Å²) in [5.41, 5.74) is 0.408. The molecule has 0 fully saturated rings. The molecule has 1 aromatic carbocycles. The molecule has 2 amide bonds. The van der Waals surface area contributed by atoms with Gasteiger partial charge in [-0.05, 0) is 19.1 Å². The zero-order valence-corrected chi connectivity index (χ0v) is 12.7. The number of ether oxygens (including phenoxy) is 1. The van der Waals surface area contributed by atoms with Crippen LogP contribution < -0.4 is 10.6 Å². The van der Waals surface area contributed by atoms with Crippen molar-refractivity contribution in [3.8, 4) is 0 Å². The second-order valence-corrected chi connectivity index (χ2v) is 4.80. The fourth-order valence-electron chi connectivity index (χ4n) is 1.56. The van der Waals surface area contributed by atoms with E-state index in [1.54, 1.807) is 18.2 Å². The van der Waals surface area contributed by atoms with Crippen molar-refractivity contribution in [3.05, 3.63) is 33.8 Å². The van der Waals surface area contributed by atoms with E-state index in [-0.39, 0.29) is 12.6 Å². The van der Waals surface area contributed by atoms with Gasteiger partial charge in [-0.25, -0.2) is 4.79 Å². The molecule has 1 unspecified atom stereocenters. The van der Waals surface area contributed by atoms with Crippen LogP contribution >= 0.6 is 23.2 Å². The van der Waals surface area contributed by atoms with Crippen molar-refractivity contribution >= 4 is 29.2 Å². The highest BCUT2D eigenvalue weighted by Gasteiger charge is 2.16. The van der Waals surface area contributed by atoms with E-state index >= 15 is 0 Å². The number of hydrogen-bond donors (Lipinski definition) is 3. The van der Waals surface area contributed by atoms with Gasteiger partial charge < -0.3 is 20.5 Å². The molecule has 112 valence electrons. The Hall–Kier alpha value is -1.01. The van der Waals surface area contributed by atoms with Crippen LogP contribution in [0.3, 0.4) is 0 Å². The van der Waals surface area contributed by atoms with Crippen LogP contribution in [0.4, 0.5) is 4.79 Å². The monoisotopic (exact) mass is 320 g/mol. The van der Waals surface area contributed by atoms with E-state index in [9.17, 15) is 9.90 Å². The number of amides is 2. The minimum atomic E-state index is -0.964. The molecule has 1 rings (SSSR count). The van der Waals surface area contributed by atoms with Crippen LogP contribution in [0.5, 0.6) is 0 Å². The average molecular weight is 321 g/mol. The van der Waals surface area contributed by atoms with Gasteiger partial charge in [0.15, 0.2) is 0 Å². The van der Waals surface area contributed by atoms with E-state index in [1.165, 1.54) is 0 Å². The van der Waals surface area contributed by atoms with Crippen molar-refractivity contribution in [2.24, 2.45) is 0 Å². The van der Waals surface area contributed by atoms with Crippen LogP contribution in [0.2, 0.25) is 10.0 Å². The van der Waals surface area contributed by atoms with Gasteiger partial charge in [-0.15, -0.1) is 0 Å². The second kappa shape index (κ2) is 9.02. The van der Waals surface area contributed by atoms with Gasteiger partial charge in [-0.1, -0.05) is 29.3 Å². The molecular weight excluding hydrogens is 303 g/mol. The number of aliphatic hydroxyl groups excluding tert-OH is 1. The number of rotatable bonds is 7. The van der Waals surface area contributed by atoms with Crippen molar-refractivity contribution in [2.45, 2.75) is 13.0 Å². The van der Waals surface area contributed by atoms with Gasteiger partial charge in [0.25, 0.3) is 0 Å². The lowest BCUT2D eigenvalue weighted by Gasteiger charge is -2.15. The minimum absolute atomic E-state index is 0.0178. The summed E-state index contributed by atoms with van der Waals surface area (Å²) in [5, 5.41) is 15.9. The molecule has 0 aliphatic heterocycles. The molecule has 5 nitrogen and oxygen atoms in total. The van der Waals surface area contributed by atoms with Crippen molar-refractivity contribution in [3.63, 3.8) is 0 Å². The third kappa shape index (κ3) is 5.54. The molecule has 0 aliphatic rings. The molecule has 0 aromatic heterocycles. The molecule has 20 heavy (non-hydrogen) atoms. The van der Waals surface area contributed by atoms with E-state index < -0.39 is 6.10 Å². The molecular formula is C13H18Cl2N2O3. The van der Waals surface area contributed by atoms with Gasteiger partial charge in [0.2, 0.25) is 0 Å². The first-order chi connectivity index (χ1) is 9.56. The highest BCUT2D eigenvalue weighted by Crippen LogP contribution is 2.29. The summed E-state index contributed by atoms with van der Waals surface area (Å²) in [6.07, 6.45) is -0.964. The van der Waals surface area contributed by atoms with Crippen molar-refractivity contribution in [1.29, 1.82) is 0 Å². The summed E-state index contributed by atoms with van der Waals surface area (Å²) in [6.45, 7) is 3.35. The minimum Gasteiger partial charge on any atom is -0.386 e. The highest BCUT2D eigenvalue weighted by molar-refractivity contribution is 6.36.